The zero-order chi connectivity index (χ0) is 14.3. The van der Waals surface area contributed by atoms with Gasteiger partial charge in [0.25, 0.3) is 0 Å². The van der Waals surface area contributed by atoms with Gasteiger partial charge >= 0.3 is 12.0 Å². The van der Waals surface area contributed by atoms with Crippen molar-refractivity contribution >= 4 is 12.0 Å². The number of likely N-dealkylation sites (tertiary alicyclic amines) is 1. The summed E-state index contributed by atoms with van der Waals surface area (Å²) in [5.74, 6) is -0.562. The molecule has 6 nitrogen and oxygen atoms in total. The van der Waals surface area contributed by atoms with Crippen LogP contribution in [0.1, 0.15) is 32.6 Å². The molecule has 0 bridgehead atoms. The van der Waals surface area contributed by atoms with E-state index < -0.39 is 12.0 Å². The molecule has 2 N–H and O–H groups in total. The van der Waals surface area contributed by atoms with Crippen LogP contribution in [0.5, 0.6) is 0 Å². The average Bonchev–Trinajstić information content (AvgIpc) is 2.38. The Hall–Kier alpha value is -1.30. The van der Waals surface area contributed by atoms with Crippen LogP contribution in [0.15, 0.2) is 0 Å². The van der Waals surface area contributed by atoms with Gasteiger partial charge in [-0.25, -0.2) is 9.59 Å². The van der Waals surface area contributed by atoms with Gasteiger partial charge in [-0.1, -0.05) is 6.92 Å². The summed E-state index contributed by atoms with van der Waals surface area (Å²) >= 11 is 0. The monoisotopic (exact) mass is 272 g/mol. The zero-order valence-corrected chi connectivity index (χ0v) is 11.7. The summed E-state index contributed by atoms with van der Waals surface area (Å²) in [6, 6.07) is -0.959. The van der Waals surface area contributed by atoms with Crippen LogP contribution in [0.2, 0.25) is 0 Å². The van der Waals surface area contributed by atoms with E-state index in [2.05, 4.69) is 5.32 Å². The van der Waals surface area contributed by atoms with Crippen LogP contribution in [0.25, 0.3) is 0 Å². The molecule has 2 unspecified atom stereocenters. The van der Waals surface area contributed by atoms with Gasteiger partial charge in [0.15, 0.2) is 0 Å². The molecule has 2 amide bonds. The maximum absolute atomic E-state index is 12.0. The number of nitrogens with one attached hydrogen (secondary N) is 1. The van der Waals surface area contributed by atoms with Gasteiger partial charge < -0.3 is 20.1 Å². The average molecular weight is 272 g/mol. The lowest BCUT2D eigenvalue weighted by Crippen LogP contribution is -2.53. The largest absolute Gasteiger partial charge is 0.480 e. The van der Waals surface area contributed by atoms with E-state index in [4.69, 9.17) is 4.74 Å². The zero-order valence-electron chi connectivity index (χ0n) is 11.7. The molecule has 0 aromatic carbocycles. The van der Waals surface area contributed by atoms with E-state index in [-0.39, 0.29) is 6.03 Å². The van der Waals surface area contributed by atoms with Crippen molar-refractivity contribution in [1.82, 2.24) is 10.2 Å². The van der Waals surface area contributed by atoms with Gasteiger partial charge in [0.05, 0.1) is 0 Å². The number of methoxy groups -OCH3 is 1. The van der Waals surface area contributed by atoms with Crippen molar-refractivity contribution in [2.75, 3.05) is 26.8 Å². The third-order valence-electron chi connectivity index (χ3n) is 3.46. The molecule has 6 heteroatoms. The standard InChI is InChI=1S/C13H24N2O4/c1-10-5-7-15(11(9-10)12(16)17)13(18)14-6-3-4-8-19-2/h10-11H,3-9H2,1-2H3,(H,14,18)(H,16,17). The van der Waals surface area contributed by atoms with Crippen LogP contribution < -0.4 is 5.32 Å². The second kappa shape index (κ2) is 7.99. The molecule has 1 fully saturated rings. The fourth-order valence-corrected chi connectivity index (χ4v) is 2.29. The number of amides is 2. The molecule has 0 radical (unpaired) electrons. The number of unbranched alkanes of at least 4 members (excludes halogenated alkanes) is 1. The Morgan fingerprint density at radius 3 is 2.79 bits per heavy atom. The maximum atomic E-state index is 12.0. The van der Waals surface area contributed by atoms with Gasteiger partial charge in [-0.3, -0.25) is 0 Å². The minimum Gasteiger partial charge on any atom is -0.480 e. The van der Waals surface area contributed by atoms with Crippen LogP contribution in [0.3, 0.4) is 0 Å². The number of carbonyl (C=O) groups excluding carboxylic acids is 1. The normalized spacial score (nSPS) is 23.2. The fourth-order valence-electron chi connectivity index (χ4n) is 2.29. The summed E-state index contributed by atoms with van der Waals surface area (Å²) in [5.41, 5.74) is 0. The number of carbonyl (C=O) groups is 2. The number of urea groups is 1. The second-order valence-electron chi connectivity index (χ2n) is 5.11. The summed E-state index contributed by atoms with van der Waals surface area (Å²) < 4.78 is 4.92. The first-order chi connectivity index (χ1) is 9.06. The lowest BCUT2D eigenvalue weighted by molar-refractivity contribution is -0.143. The van der Waals surface area contributed by atoms with Gasteiger partial charge in [0, 0.05) is 26.8 Å². The molecule has 0 aromatic rings. The first-order valence-electron chi connectivity index (χ1n) is 6.82. The van der Waals surface area contributed by atoms with Crippen LogP contribution in [0.4, 0.5) is 4.79 Å². The number of aliphatic carboxylic acids is 1. The number of nitrogens with zero attached hydrogens (tertiary/aromatic N) is 1. The number of carboxylic acids is 1. The third kappa shape index (κ3) is 5.06. The predicted octanol–water partition coefficient (Wildman–Crippen LogP) is 1.31. The van der Waals surface area contributed by atoms with Gasteiger partial charge in [-0.2, -0.15) is 0 Å². The molecule has 0 aromatic heterocycles. The lowest BCUT2D eigenvalue weighted by atomic mass is 9.93. The van der Waals surface area contributed by atoms with E-state index in [0.29, 0.717) is 32.0 Å². The van der Waals surface area contributed by atoms with Gasteiger partial charge in [-0.15, -0.1) is 0 Å². The predicted molar refractivity (Wildman–Crippen MR) is 71.0 cm³/mol. The van der Waals surface area contributed by atoms with E-state index in [1.54, 1.807) is 7.11 Å². The summed E-state index contributed by atoms with van der Waals surface area (Å²) in [5, 5.41) is 12.0. The van der Waals surface area contributed by atoms with Crippen molar-refractivity contribution in [1.29, 1.82) is 0 Å². The Morgan fingerprint density at radius 1 is 1.42 bits per heavy atom. The Bertz CT molecular complexity index is 309. The van der Waals surface area contributed by atoms with Crippen LogP contribution in [0, 0.1) is 5.92 Å². The molecule has 0 aliphatic carbocycles. The Kier molecular flexibility index (Phi) is 6.62. The third-order valence-corrected chi connectivity index (χ3v) is 3.46. The van der Waals surface area contributed by atoms with E-state index in [1.807, 2.05) is 6.92 Å². The van der Waals surface area contributed by atoms with Gasteiger partial charge in [0.2, 0.25) is 0 Å². The Morgan fingerprint density at radius 2 is 2.16 bits per heavy atom. The Balaban J connectivity index is 2.38. The molecule has 110 valence electrons. The molecule has 0 saturated carbocycles. The number of carboxylic acid groups (broad SMARTS) is 1. The fraction of sp³-hybridized carbons (Fsp3) is 0.846. The van der Waals surface area contributed by atoms with Crippen LogP contribution >= 0.6 is 0 Å². The minimum absolute atomic E-state index is 0.267. The molecule has 1 saturated heterocycles. The van der Waals surface area contributed by atoms with E-state index in [0.717, 1.165) is 19.3 Å². The topological polar surface area (TPSA) is 78.9 Å². The highest BCUT2D eigenvalue weighted by molar-refractivity contribution is 5.82. The smallest absolute Gasteiger partial charge is 0.326 e. The van der Waals surface area contributed by atoms with Crippen molar-refractivity contribution in [3.63, 3.8) is 0 Å². The molecule has 2 atom stereocenters. The van der Waals surface area contributed by atoms with E-state index in [1.165, 1.54) is 4.90 Å². The summed E-state index contributed by atoms with van der Waals surface area (Å²) in [6.07, 6.45) is 3.12. The molecule has 19 heavy (non-hydrogen) atoms. The Labute approximate surface area is 114 Å². The minimum atomic E-state index is -0.916. The van der Waals surface area contributed by atoms with Crippen molar-refractivity contribution in [3.05, 3.63) is 0 Å². The van der Waals surface area contributed by atoms with Crippen LogP contribution in [-0.4, -0.2) is 54.9 Å². The second-order valence-corrected chi connectivity index (χ2v) is 5.11. The van der Waals surface area contributed by atoms with Gasteiger partial charge in [-0.05, 0) is 31.6 Å². The van der Waals surface area contributed by atoms with Crippen molar-refractivity contribution in [3.8, 4) is 0 Å². The number of rotatable bonds is 6. The highest BCUT2D eigenvalue weighted by Gasteiger charge is 2.34. The van der Waals surface area contributed by atoms with Gasteiger partial charge in [0.1, 0.15) is 6.04 Å². The number of ether oxygens (including phenoxy) is 1. The quantitative estimate of drug-likeness (QED) is 0.714. The number of hydrogen-bond donors (Lipinski definition) is 2. The summed E-state index contributed by atoms with van der Waals surface area (Å²) in [7, 11) is 1.64. The van der Waals surface area contributed by atoms with Crippen molar-refractivity contribution < 1.29 is 19.4 Å². The molecule has 1 aliphatic heterocycles. The maximum Gasteiger partial charge on any atom is 0.326 e. The SMILES string of the molecule is COCCCCNC(=O)N1CCC(C)CC1C(=O)O. The highest BCUT2D eigenvalue weighted by atomic mass is 16.5. The first kappa shape index (κ1) is 15.8. The highest BCUT2D eigenvalue weighted by Crippen LogP contribution is 2.22. The molecular weight excluding hydrogens is 248 g/mol. The number of piperidine rings is 1. The molecular formula is C13H24N2O4. The van der Waals surface area contributed by atoms with Crippen molar-refractivity contribution in [2.45, 2.75) is 38.6 Å². The van der Waals surface area contributed by atoms with E-state index in [9.17, 15) is 14.7 Å². The summed E-state index contributed by atoms with van der Waals surface area (Å²) in [6.45, 7) is 3.77. The molecule has 0 spiro atoms. The molecule has 1 aliphatic rings. The molecule has 1 heterocycles. The van der Waals surface area contributed by atoms with Crippen LogP contribution in [-0.2, 0) is 9.53 Å². The first-order valence-corrected chi connectivity index (χ1v) is 6.82. The molecule has 1 rings (SSSR count). The lowest BCUT2D eigenvalue weighted by Gasteiger charge is -2.35. The summed E-state index contributed by atoms with van der Waals surface area (Å²) in [4.78, 5) is 24.6. The van der Waals surface area contributed by atoms with E-state index >= 15 is 0 Å². The van der Waals surface area contributed by atoms with Crippen molar-refractivity contribution in [2.24, 2.45) is 5.92 Å². The number of hydrogen-bond acceptors (Lipinski definition) is 3.